The first kappa shape index (κ1) is 34.1. The van der Waals surface area contributed by atoms with Gasteiger partial charge in [0.2, 0.25) is 5.60 Å². The number of rotatable bonds is 8. The van der Waals surface area contributed by atoms with Crippen LogP contribution in [0.15, 0.2) is 0 Å². The van der Waals surface area contributed by atoms with E-state index in [1.165, 1.54) is 7.11 Å². The molecule has 0 aromatic rings. The van der Waals surface area contributed by atoms with E-state index < -0.39 is 117 Å². The molecule has 242 valence electrons. The Hall–Kier alpha value is -3.38. The molecule has 17 heteroatoms. The molecule has 4 fully saturated rings. The van der Waals surface area contributed by atoms with Gasteiger partial charge in [-0.2, -0.15) is 0 Å². The van der Waals surface area contributed by atoms with Crippen LogP contribution in [0.1, 0.15) is 41.5 Å². The minimum atomic E-state index is -2.04. The molecule has 0 amide bonds. The van der Waals surface area contributed by atoms with E-state index in [-0.39, 0.29) is 0 Å². The van der Waals surface area contributed by atoms with Crippen LogP contribution < -0.4 is 0 Å². The molecule has 0 radical (unpaired) electrons. The van der Waals surface area contributed by atoms with Gasteiger partial charge in [-0.15, -0.1) is 0 Å². The molecule has 4 saturated heterocycles. The normalized spacial score (nSPS) is 35.4. The monoisotopic (exact) mass is 620 g/mol. The quantitative estimate of drug-likeness (QED) is 0.238. The van der Waals surface area contributed by atoms with Crippen LogP contribution in [0, 0.1) is 0 Å². The summed E-state index contributed by atoms with van der Waals surface area (Å²) in [6.45, 7) is 5.07. The van der Waals surface area contributed by atoms with Crippen molar-refractivity contribution < 1.29 is 80.9 Å². The third-order valence-corrected chi connectivity index (χ3v) is 6.61. The number of esters is 6. The van der Waals surface area contributed by atoms with Crippen molar-refractivity contribution in [3.05, 3.63) is 0 Å². The standard InChI is InChI=1S/C26H36O17/c1-11(27)34-9-18-26(43-16(6)32)10-36-25(22(39-14(4)30)23(26)40-15(5)31)42-19-17(8-35-18)41-24(33-7)21(38-13(3)29)20(19)37-12(2)28/h17-25H,8-10H2,1-7H3. The van der Waals surface area contributed by atoms with Crippen LogP contribution in [0.4, 0.5) is 0 Å². The summed E-state index contributed by atoms with van der Waals surface area (Å²) >= 11 is 0. The van der Waals surface area contributed by atoms with E-state index in [9.17, 15) is 28.8 Å². The molecule has 0 N–H and O–H groups in total. The molecule has 43 heavy (non-hydrogen) atoms. The lowest BCUT2D eigenvalue weighted by atomic mass is 9.83. The van der Waals surface area contributed by atoms with Crippen molar-refractivity contribution in [2.75, 3.05) is 26.9 Å². The number of fused-ring (bicyclic) bond motifs is 4. The van der Waals surface area contributed by atoms with E-state index in [4.69, 9.17) is 52.1 Å². The lowest BCUT2D eigenvalue weighted by Crippen LogP contribution is -2.73. The van der Waals surface area contributed by atoms with Gasteiger partial charge in [-0.3, -0.25) is 28.8 Å². The molecule has 0 aliphatic carbocycles. The first-order valence-corrected chi connectivity index (χ1v) is 13.3. The molecule has 10 unspecified atom stereocenters. The van der Waals surface area contributed by atoms with Gasteiger partial charge in [0.15, 0.2) is 37.0 Å². The van der Waals surface area contributed by atoms with Crippen LogP contribution in [-0.4, -0.2) is 124 Å². The van der Waals surface area contributed by atoms with Crippen molar-refractivity contribution in [2.24, 2.45) is 0 Å². The molecular weight excluding hydrogens is 584 g/mol. The van der Waals surface area contributed by atoms with Crippen LogP contribution in [0.2, 0.25) is 0 Å². The van der Waals surface area contributed by atoms with Crippen molar-refractivity contribution in [2.45, 2.75) is 102 Å². The summed E-state index contributed by atoms with van der Waals surface area (Å²) in [5, 5.41) is 0. The van der Waals surface area contributed by atoms with Gasteiger partial charge in [-0.1, -0.05) is 0 Å². The van der Waals surface area contributed by atoms with E-state index in [2.05, 4.69) is 0 Å². The van der Waals surface area contributed by atoms with Crippen molar-refractivity contribution in [1.82, 2.24) is 0 Å². The first-order chi connectivity index (χ1) is 20.2. The van der Waals surface area contributed by atoms with Gasteiger partial charge in [0.25, 0.3) is 0 Å². The third kappa shape index (κ3) is 8.17. The van der Waals surface area contributed by atoms with Crippen molar-refractivity contribution >= 4 is 35.8 Å². The van der Waals surface area contributed by atoms with Crippen molar-refractivity contribution in [1.29, 1.82) is 0 Å². The molecule has 0 saturated carbocycles. The summed E-state index contributed by atoms with van der Waals surface area (Å²) in [5.41, 5.74) is -2.04. The molecule has 2 bridgehead atoms. The highest BCUT2D eigenvalue weighted by atomic mass is 16.8. The Kier molecular flexibility index (Phi) is 11.4. The number of hydrogen-bond acceptors (Lipinski definition) is 17. The van der Waals surface area contributed by atoms with Gasteiger partial charge in [-0.25, -0.2) is 0 Å². The summed E-state index contributed by atoms with van der Waals surface area (Å²) in [6.07, 6.45) is -12.7. The van der Waals surface area contributed by atoms with Crippen LogP contribution in [0.5, 0.6) is 0 Å². The van der Waals surface area contributed by atoms with E-state index in [1.54, 1.807) is 0 Å². The Bertz CT molecular complexity index is 1080. The zero-order valence-corrected chi connectivity index (χ0v) is 24.8. The summed E-state index contributed by atoms with van der Waals surface area (Å²) in [5.74, 6) is -4.84. The van der Waals surface area contributed by atoms with Gasteiger partial charge < -0.3 is 52.1 Å². The van der Waals surface area contributed by atoms with Crippen LogP contribution in [-0.2, 0) is 80.9 Å². The topological polar surface area (TPSA) is 204 Å². The number of methoxy groups -OCH3 is 1. The number of carbonyl (C=O) groups excluding carboxylic acids is 6. The fraction of sp³-hybridized carbons (Fsp3) is 0.769. The largest absolute Gasteiger partial charge is 0.463 e. The highest BCUT2D eigenvalue weighted by Crippen LogP contribution is 2.41. The summed E-state index contributed by atoms with van der Waals surface area (Å²) < 4.78 is 62.5. The van der Waals surface area contributed by atoms with Crippen LogP contribution in [0.3, 0.4) is 0 Å². The van der Waals surface area contributed by atoms with Gasteiger partial charge in [0.1, 0.15) is 24.9 Å². The van der Waals surface area contributed by atoms with Crippen LogP contribution >= 0.6 is 0 Å². The second kappa shape index (κ2) is 14.4. The first-order valence-electron chi connectivity index (χ1n) is 13.3. The highest BCUT2D eigenvalue weighted by Gasteiger charge is 2.64. The average molecular weight is 621 g/mol. The Morgan fingerprint density at radius 3 is 1.81 bits per heavy atom. The molecule has 4 aliphatic rings. The Morgan fingerprint density at radius 2 is 1.28 bits per heavy atom. The number of ether oxygens (including phenoxy) is 11. The van der Waals surface area contributed by atoms with Crippen LogP contribution in [0.25, 0.3) is 0 Å². The van der Waals surface area contributed by atoms with E-state index >= 15 is 0 Å². The average Bonchev–Trinajstić information content (AvgIpc) is 2.88. The molecule has 0 aromatic heterocycles. The number of hydrogen-bond donors (Lipinski definition) is 0. The van der Waals surface area contributed by atoms with E-state index in [0.29, 0.717) is 0 Å². The minimum Gasteiger partial charge on any atom is -0.463 e. The lowest BCUT2D eigenvalue weighted by Gasteiger charge is -2.53. The fourth-order valence-electron chi connectivity index (χ4n) is 5.18. The Labute approximate surface area is 246 Å². The second-order valence-corrected chi connectivity index (χ2v) is 9.98. The summed E-state index contributed by atoms with van der Waals surface area (Å²) in [4.78, 5) is 73.0. The van der Waals surface area contributed by atoms with Crippen molar-refractivity contribution in [3.8, 4) is 0 Å². The summed E-state index contributed by atoms with van der Waals surface area (Å²) in [6, 6.07) is 0. The molecular formula is C26H36O17. The smallest absolute Gasteiger partial charge is 0.303 e. The van der Waals surface area contributed by atoms with Crippen molar-refractivity contribution in [3.63, 3.8) is 0 Å². The maximum Gasteiger partial charge on any atom is 0.303 e. The molecule has 0 spiro atoms. The molecule has 10 atom stereocenters. The molecule has 4 rings (SSSR count). The molecule has 17 nitrogen and oxygen atoms in total. The van der Waals surface area contributed by atoms with Gasteiger partial charge in [0, 0.05) is 48.7 Å². The maximum atomic E-state index is 12.4. The minimum absolute atomic E-state index is 0.401. The second-order valence-electron chi connectivity index (χ2n) is 9.98. The summed E-state index contributed by atoms with van der Waals surface area (Å²) in [7, 11) is 1.26. The SMILES string of the molecule is COC1OC2COC(COC(C)=O)C3(OC(C)=O)COC(OC2C(OC(C)=O)C1OC(C)=O)C(OC(C)=O)C3OC(C)=O. The van der Waals surface area contributed by atoms with Gasteiger partial charge in [0.05, 0.1) is 13.2 Å². The third-order valence-electron chi connectivity index (χ3n) is 6.61. The van der Waals surface area contributed by atoms with Gasteiger partial charge >= 0.3 is 35.8 Å². The molecule has 0 aromatic carbocycles. The Morgan fingerprint density at radius 1 is 0.698 bits per heavy atom. The predicted molar refractivity (Wildman–Crippen MR) is 133 cm³/mol. The highest BCUT2D eigenvalue weighted by molar-refractivity contribution is 5.69. The molecule has 4 heterocycles. The zero-order chi connectivity index (χ0) is 32.1. The zero-order valence-electron chi connectivity index (χ0n) is 24.8. The fourth-order valence-corrected chi connectivity index (χ4v) is 5.18. The van der Waals surface area contributed by atoms with Gasteiger partial charge in [-0.05, 0) is 0 Å². The van der Waals surface area contributed by atoms with E-state index in [0.717, 1.165) is 41.5 Å². The predicted octanol–water partition coefficient (Wildman–Crippen LogP) is -0.910. The lowest BCUT2D eigenvalue weighted by molar-refractivity contribution is -0.377. The number of carbonyl (C=O) groups is 6. The van der Waals surface area contributed by atoms with E-state index in [1.807, 2.05) is 0 Å². The maximum absolute atomic E-state index is 12.4. The Balaban J connectivity index is 2.21. The molecule has 4 aliphatic heterocycles.